The van der Waals surface area contributed by atoms with Gasteiger partial charge in [0.15, 0.2) is 0 Å². The predicted octanol–water partition coefficient (Wildman–Crippen LogP) is 4.48. The first-order valence-corrected chi connectivity index (χ1v) is 8.10. The summed E-state index contributed by atoms with van der Waals surface area (Å²) in [6.07, 6.45) is 0. The average molecular weight is 339 g/mol. The molecule has 0 atom stereocenters. The summed E-state index contributed by atoms with van der Waals surface area (Å²) in [5, 5.41) is 13.2. The van der Waals surface area contributed by atoms with Crippen LogP contribution in [0.3, 0.4) is 0 Å². The first kappa shape index (κ1) is 16.1. The van der Waals surface area contributed by atoms with E-state index in [-0.39, 0.29) is 5.91 Å². The summed E-state index contributed by atoms with van der Waals surface area (Å²) in [4.78, 5) is 18.0. The van der Waals surface area contributed by atoms with Crippen LogP contribution in [0.4, 0.5) is 9.39 Å². The molecule has 0 aliphatic heterocycles. The highest BCUT2D eigenvalue weighted by Crippen LogP contribution is 2.32. The van der Waals surface area contributed by atoms with Crippen molar-refractivity contribution < 1.29 is 9.18 Å². The second-order valence-corrected chi connectivity index (χ2v) is 6.75. The molecule has 3 rings (SSSR count). The molecule has 2 heterocycles. The molecule has 24 heavy (non-hydrogen) atoms. The Hall–Kier alpha value is -2.78. The van der Waals surface area contributed by atoms with Gasteiger partial charge in [-0.1, -0.05) is 0 Å². The van der Waals surface area contributed by atoms with Crippen molar-refractivity contribution in [1.82, 2.24) is 4.98 Å². The third kappa shape index (κ3) is 2.74. The number of nitrogens with one attached hydrogen (secondary N) is 1. The number of halogens is 1. The van der Waals surface area contributed by atoms with E-state index in [1.54, 1.807) is 19.1 Å². The fourth-order valence-corrected chi connectivity index (χ4v) is 3.55. The molecular formula is C18H14FN3OS. The average Bonchev–Trinajstić information content (AvgIpc) is 2.79. The zero-order valence-corrected chi connectivity index (χ0v) is 14.2. The molecule has 0 fully saturated rings. The maximum atomic E-state index is 13.4. The number of fused-ring (bicyclic) bond motifs is 1. The highest BCUT2D eigenvalue weighted by molar-refractivity contribution is 7.16. The highest BCUT2D eigenvalue weighted by Gasteiger charge is 2.18. The van der Waals surface area contributed by atoms with Gasteiger partial charge in [-0.25, -0.2) is 4.39 Å². The van der Waals surface area contributed by atoms with Gasteiger partial charge >= 0.3 is 0 Å². The molecule has 0 saturated heterocycles. The monoisotopic (exact) mass is 339 g/mol. The lowest BCUT2D eigenvalue weighted by Crippen LogP contribution is -2.13. The van der Waals surface area contributed by atoms with Crippen LogP contribution in [0.15, 0.2) is 24.3 Å². The van der Waals surface area contributed by atoms with Gasteiger partial charge in [0.2, 0.25) is 0 Å². The fraction of sp³-hybridized carbons (Fsp3) is 0.167. The fourth-order valence-electron chi connectivity index (χ4n) is 2.54. The summed E-state index contributed by atoms with van der Waals surface area (Å²) in [5.74, 6) is -0.738. The number of hydrogen-bond donors (Lipinski definition) is 1. The molecule has 3 aromatic rings. The molecule has 2 aromatic heterocycles. The lowest BCUT2D eigenvalue weighted by atomic mass is 10.1. The number of rotatable bonds is 2. The standard InChI is InChI=1S/C18H14FN3OS/c1-9-6-14(13-5-4-12(19)7-16(13)21-9)17(23)22-18-15(8-20)10(2)11(3)24-18/h4-7H,1-3H3,(H,22,23). The number of hydrogen-bond acceptors (Lipinski definition) is 4. The topological polar surface area (TPSA) is 65.8 Å². The Morgan fingerprint density at radius 2 is 2.04 bits per heavy atom. The number of benzene rings is 1. The molecule has 0 saturated carbocycles. The SMILES string of the molecule is Cc1cc(C(=O)Nc2sc(C)c(C)c2C#N)c2ccc(F)cc2n1. The van der Waals surface area contributed by atoms with E-state index in [2.05, 4.69) is 16.4 Å². The van der Waals surface area contributed by atoms with Crippen LogP contribution in [0.5, 0.6) is 0 Å². The van der Waals surface area contributed by atoms with Crippen molar-refractivity contribution in [2.75, 3.05) is 5.32 Å². The summed E-state index contributed by atoms with van der Waals surface area (Å²) in [6, 6.07) is 7.94. The summed E-state index contributed by atoms with van der Waals surface area (Å²) < 4.78 is 13.4. The molecule has 120 valence electrons. The second-order valence-electron chi connectivity index (χ2n) is 5.53. The van der Waals surface area contributed by atoms with Crippen molar-refractivity contribution in [2.24, 2.45) is 0 Å². The van der Waals surface area contributed by atoms with E-state index in [0.29, 0.717) is 32.7 Å². The summed E-state index contributed by atoms with van der Waals surface area (Å²) in [6.45, 7) is 5.52. The molecule has 0 radical (unpaired) electrons. The molecule has 4 nitrogen and oxygen atoms in total. The van der Waals surface area contributed by atoms with Crippen LogP contribution >= 0.6 is 11.3 Å². The molecular weight excluding hydrogens is 325 g/mol. The first-order valence-electron chi connectivity index (χ1n) is 7.29. The van der Waals surface area contributed by atoms with Crippen molar-refractivity contribution in [3.05, 3.63) is 57.3 Å². The largest absolute Gasteiger partial charge is 0.312 e. The number of anilines is 1. The van der Waals surface area contributed by atoms with E-state index in [1.165, 1.54) is 23.5 Å². The van der Waals surface area contributed by atoms with Crippen molar-refractivity contribution in [1.29, 1.82) is 5.26 Å². The number of aryl methyl sites for hydroxylation is 2. The van der Waals surface area contributed by atoms with E-state index in [1.807, 2.05) is 13.8 Å². The molecule has 0 aliphatic rings. The highest BCUT2D eigenvalue weighted by atomic mass is 32.1. The first-order chi connectivity index (χ1) is 11.4. The predicted molar refractivity (Wildman–Crippen MR) is 92.9 cm³/mol. The number of nitriles is 1. The number of carbonyl (C=O) groups excluding carboxylic acids is 1. The van der Waals surface area contributed by atoms with E-state index in [0.717, 1.165) is 10.4 Å². The van der Waals surface area contributed by atoms with Crippen molar-refractivity contribution >= 4 is 33.1 Å². The molecule has 1 N–H and O–H groups in total. The lowest BCUT2D eigenvalue weighted by Gasteiger charge is -2.08. The Labute approximate surface area is 142 Å². The van der Waals surface area contributed by atoms with E-state index in [9.17, 15) is 14.4 Å². The number of carbonyl (C=O) groups is 1. The normalized spacial score (nSPS) is 10.6. The summed E-state index contributed by atoms with van der Waals surface area (Å²) in [5.41, 5.74) is 2.81. The van der Waals surface area contributed by atoms with Crippen molar-refractivity contribution in [3.8, 4) is 6.07 Å². The van der Waals surface area contributed by atoms with Gasteiger partial charge in [0.05, 0.1) is 16.6 Å². The van der Waals surface area contributed by atoms with Gasteiger partial charge in [0, 0.05) is 22.0 Å². The molecule has 0 bridgehead atoms. The number of thiophene rings is 1. The van der Waals surface area contributed by atoms with Gasteiger partial charge in [0.1, 0.15) is 16.9 Å². The molecule has 1 aromatic carbocycles. The van der Waals surface area contributed by atoms with Crippen LogP contribution in [0.2, 0.25) is 0 Å². The van der Waals surface area contributed by atoms with Crippen LogP contribution in [-0.4, -0.2) is 10.9 Å². The summed E-state index contributed by atoms with van der Waals surface area (Å²) >= 11 is 1.37. The number of nitrogens with zero attached hydrogens (tertiary/aromatic N) is 2. The Morgan fingerprint density at radius 1 is 1.29 bits per heavy atom. The van der Waals surface area contributed by atoms with Crippen LogP contribution in [0.25, 0.3) is 10.9 Å². The van der Waals surface area contributed by atoms with Gasteiger partial charge in [-0.15, -0.1) is 11.3 Å². The van der Waals surface area contributed by atoms with Crippen LogP contribution < -0.4 is 5.32 Å². The zero-order chi connectivity index (χ0) is 17.4. The minimum Gasteiger partial charge on any atom is -0.312 e. The Balaban J connectivity index is 2.07. The zero-order valence-electron chi connectivity index (χ0n) is 13.4. The minimum absolute atomic E-state index is 0.338. The van der Waals surface area contributed by atoms with Gasteiger partial charge in [-0.05, 0) is 44.5 Å². The van der Waals surface area contributed by atoms with Gasteiger partial charge in [0.25, 0.3) is 5.91 Å². The number of pyridine rings is 1. The maximum Gasteiger partial charge on any atom is 0.257 e. The minimum atomic E-state index is -0.400. The van der Waals surface area contributed by atoms with Gasteiger partial charge < -0.3 is 5.32 Å². The van der Waals surface area contributed by atoms with Crippen LogP contribution in [-0.2, 0) is 0 Å². The molecule has 6 heteroatoms. The van der Waals surface area contributed by atoms with Crippen molar-refractivity contribution in [2.45, 2.75) is 20.8 Å². The lowest BCUT2D eigenvalue weighted by molar-refractivity contribution is 0.102. The van der Waals surface area contributed by atoms with Crippen molar-refractivity contribution in [3.63, 3.8) is 0 Å². The molecule has 0 unspecified atom stereocenters. The molecule has 0 aliphatic carbocycles. The smallest absolute Gasteiger partial charge is 0.257 e. The van der Waals surface area contributed by atoms with Crippen LogP contribution in [0, 0.1) is 37.9 Å². The Kier molecular flexibility index (Phi) is 4.04. The molecule has 1 amide bonds. The number of aromatic nitrogens is 1. The van der Waals surface area contributed by atoms with Crippen LogP contribution in [0.1, 0.15) is 32.1 Å². The Bertz CT molecular complexity index is 1010. The third-order valence-corrected chi connectivity index (χ3v) is 4.99. The Morgan fingerprint density at radius 3 is 2.75 bits per heavy atom. The third-order valence-electron chi connectivity index (χ3n) is 3.87. The van der Waals surface area contributed by atoms with Gasteiger partial charge in [-0.3, -0.25) is 9.78 Å². The van der Waals surface area contributed by atoms with E-state index >= 15 is 0 Å². The van der Waals surface area contributed by atoms with E-state index in [4.69, 9.17) is 0 Å². The van der Waals surface area contributed by atoms with Gasteiger partial charge in [-0.2, -0.15) is 5.26 Å². The summed E-state index contributed by atoms with van der Waals surface area (Å²) in [7, 11) is 0. The molecule has 0 spiro atoms. The maximum absolute atomic E-state index is 13.4. The quantitative estimate of drug-likeness (QED) is 0.748. The number of amides is 1. The van der Waals surface area contributed by atoms with E-state index < -0.39 is 5.82 Å². The second kappa shape index (κ2) is 6.02.